The summed E-state index contributed by atoms with van der Waals surface area (Å²) in [7, 11) is 0. The highest BCUT2D eigenvalue weighted by atomic mass is 16.7. The average Bonchev–Trinajstić information content (AvgIpc) is 3.41. The number of nitrogens with one attached hydrogen (secondary N) is 3. The van der Waals surface area contributed by atoms with E-state index in [1.807, 2.05) is 0 Å². The normalized spacial score (nSPS) is 19.6. The van der Waals surface area contributed by atoms with E-state index in [1.165, 1.54) is 83.5 Å². The Balaban J connectivity index is 2.33. The third-order valence-electron chi connectivity index (χ3n) is 12.8. The van der Waals surface area contributed by atoms with Crippen LogP contribution in [-0.4, -0.2) is 217 Å². The molecule has 0 saturated carbocycles. The fourth-order valence-corrected chi connectivity index (χ4v) is 8.15. The van der Waals surface area contributed by atoms with Gasteiger partial charge >= 0.3 is 11.9 Å². The Kier molecular flexibility index (Phi) is 43.8. The first kappa shape index (κ1) is 71.0. The molecule has 23 nitrogen and oxygen atoms in total. The molecule has 0 aliphatic carbocycles. The molecule has 0 radical (unpaired) electrons. The summed E-state index contributed by atoms with van der Waals surface area (Å²) in [4.78, 5) is 63.7. The molecule has 1 heterocycles. The molecule has 0 aromatic heterocycles. The number of Topliss-reactive ketones (excluding diaryl/α,β-unsaturated/α-hetero) is 1. The fraction of sp³-hybridized carbons (Fsp3) is 0.906. The van der Waals surface area contributed by atoms with Crippen LogP contribution in [0.25, 0.3) is 0 Å². The molecule has 446 valence electrons. The lowest BCUT2D eigenvalue weighted by molar-refractivity contribution is -0.326. The number of carbonyl (C=O) groups is 5. The van der Waals surface area contributed by atoms with Gasteiger partial charge in [-0.2, -0.15) is 0 Å². The van der Waals surface area contributed by atoms with Crippen molar-refractivity contribution in [3.05, 3.63) is 0 Å². The van der Waals surface area contributed by atoms with E-state index in [4.69, 9.17) is 33.2 Å². The van der Waals surface area contributed by atoms with Crippen LogP contribution in [0.5, 0.6) is 0 Å². The maximum Gasteiger partial charge on any atom is 0.328 e. The van der Waals surface area contributed by atoms with Crippen LogP contribution < -0.4 is 16.0 Å². The summed E-state index contributed by atoms with van der Waals surface area (Å²) in [5.41, 5.74) is 0. The summed E-state index contributed by atoms with van der Waals surface area (Å²) in [5, 5.41) is 88.1. The van der Waals surface area contributed by atoms with E-state index in [-0.39, 0.29) is 72.2 Å². The Hall–Kier alpha value is -3.01. The Labute approximate surface area is 450 Å². The maximum absolute atomic E-state index is 13.1. The highest BCUT2D eigenvalue weighted by Crippen LogP contribution is 2.25. The highest BCUT2D eigenvalue weighted by Gasteiger charge is 2.47. The standard InChI is InChI=1S/C53H99N3O20/c1-3-5-7-9-11-13-15-17-19-21-27-73-44(62)24-23-40(52(69)74-28-22-20-18-16-14-12-10-8-6-4-2)56-43(61)35-39(59)36-54-25-29-70-31-33-72-34-32-71-30-26-55-51(68)48(66)47(65)50(41(60)37-57)76-53-49(67)46(64)45(63)42(38-58)75-53/h40-42,45-50,53-54,57-58,60,63-67H,3-38H2,1-2H3,(H,55,68)(H,56,61)/t40-,41+,42+,45-,46-,47-,48-,49+,50+,53-/m0/s1. The molecule has 0 unspecified atom stereocenters. The third-order valence-corrected chi connectivity index (χ3v) is 12.8. The Morgan fingerprint density at radius 3 is 1.62 bits per heavy atom. The van der Waals surface area contributed by atoms with Gasteiger partial charge in [-0.25, -0.2) is 4.79 Å². The van der Waals surface area contributed by atoms with Gasteiger partial charge in [0.1, 0.15) is 48.8 Å². The minimum atomic E-state index is -2.21. The topological polar surface area (TPSA) is 348 Å². The maximum atomic E-state index is 13.1. The van der Waals surface area contributed by atoms with E-state index in [1.54, 1.807) is 0 Å². The lowest BCUT2D eigenvalue weighted by atomic mass is 9.98. The summed E-state index contributed by atoms with van der Waals surface area (Å²) in [5.74, 6) is -3.27. The van der Waals surface area contributed by atoms with Crippen molar-refractivity contribution >= 4 is 29.5 Å². The fourth-order valence-electron chi connectivity index (χ4n) is 8.15. The first-order chi connectivity index (χ1) is 36.7. The monoisotopic (exact) mass is 1100 g/mol. The van der Waals surface area contributed by atoms with E-state index in [0.29, 0.717) is 19.6 Å². The average molecular weight is 1100 g/mol. The third kappa shape index (κ3) is 34.1. The molecule has 0 bridgehead atoms. The lowest BCUT2D eigenvalue weighted by Crippen LogP contribution is -2.62. The van der Waals surface area contributed by atoms with E-state index >= 15 is 0 Å². The van der Waals surface area contributed by atoms with Crippen molar-refractivity contribution < 1.29 is 98.0 Å². The molecule has 0 aromatic carbocycles. The van der Waals surface area contributed by atoms with Crippen LogP contribution in [0.3, 0.4) is 0 Å². The molecule has 1 aliphatic heterocycles. The zero-order valence-electron chi connectivity index (χ0n) is 45.7. The molecule has 1 rings (SSSR count). The van der Waals surface area contributed by atoms with E-state index in [0.717, 1.165) is 38.5 Å². The van der Waals surface area contributed by atoms with E-state index in [2.05, 4.69) is 29.8 Å². The number of esters is 2. The summed E-state index contributed by atoms with van der Waals surface area (Å²) in [6, 6.07) is -1.10. The minimum absolute atomic E-state index is 0.0126. The van der Waals surface area contributed by atoms with Crippen molar-refractivity contribution in [2.75, 3.05) is 85.7 Å². The summed E-state index contributed by atoms with van der Waals surface area (Å²) >= 11 is 0. The number of ether oxygens (including phenoxy) is 7. The first-order valence-corrected chi connectivity index (χ1v) is 28.2. The van der Waals surface area contributed by atoms with Crippen LogP contribution >= 0.6 is 0 Å². The van der Waals surface area contributed by atoms with Gasteiger partial charge in [0, 0.05) is 19.5 Å². The number of aliphatic hydroxyl groups excluding tert-OH is 8. The van der Waals surface area contributed by atoms with Crippen LogP contribution in [0, 0.1) is 0 Å². The molecule has 10 atom stereocenters. The van der Waals surface area contributed by atoms with Gasteiger partial charge in [0.05, 0.1) is 79.0 Å². The number of hydrogen-bond acceptors (Lipinski definition) is 21. The number of unbranched alkanes of at least 4 members (excludes halogenated alkanes) is 18. The SMILES string of the molecule is CCCCCCCCCCCCOC(=O)CC[C@H](NC(=O)CC(=O)CNCCOCCOCCOCCNC(=O)[C@@H](O)[C@H](O)[C@H](O[C@@H]1O[C@H](CO)[C@H](O)[C@H](O)[C@H]1O)[C@H](O)CO)C(=O)OCCCCCCCCCCCC. The molecular weight excluding hydrogens is 999 g/mol. The molecule has 2 amide bonds. The van der Waals surface area contributed by atoms with Crippen LogP contribution in [0.4, 0.5) is 0 Å². The van der Waals surface area contributed by atoms with Gasteiger partial charge in [0.15, 0.2) is 18.2 Å². The summed E-state index contributed by atoms with van der Waals surface area (Å²) in [6.07, 6.45) is 5.37. The number of ketones is 1. The van der Waals surface area contributed by atoms with Crippen molar-refractivity contribution in [3.63, 3.8) is 0 Å². The predicted molar refractivity (Wildman–Crippen MR) is 278 cm³/mol. The second kappa shape index (κ2) is 46.9. The molecule has 1 aliphatic rings. The van der Waals surface area contributed by atoms with Crippen LogP contribution in [-0.2, 0) is 57.1 Å². The second-order valence-electron chi connectivity index (χ2n) is 19.4. The first-order valence-electron chi connectivity index (χ1n) is 28.2. The van der Waals surface area contributed by atoms with Crippen molar-refractivity contribution in [2.24, 2.45) is 0 Å². The second-order valence-corrected chi connectivity index (χ2v) is 19.4. The van der Waals surface area contributed by atoms with Gasteiger partial charge in [0.2, 0.25) is 5.91 Å². The Morgan fingerprint density at radius 2 is 1.09 bits per heavy atom. The van der Waals surface area contributed by atoms with E-state index < -0.39 is 110 Å². The van der Waals surface area contributed by atoms with Gasteiger partial charge in [-0.05, 0) is 19.3 Å². The highest BCUT2D eigenvalue weighted by molar-refractivity contribution is 6.00. The van der Waals surface area contributed by atoms with Crippen molar-refractivity contribution in [1.82, 2.24) is 16.0 Å². The molecule has 11 N–H and O–H groups in total. The van der Waals surface area contributed by atoms with Gasteiger partial charge in [-0.15, -0.1) is 0 Å². The molecule has 0 spiro atoms. The van der Waals surface area contributed by atoms with E-state index in [9.17, 15) is 64.8 Å². The smallest absolute Gasteiger partial charge is 0.328 e. The van der Waals surface area contributed by atoms with Gasteiger partial charge in [-0.1, -0.05) is 129 Å². The van der Waals surface area contributed by atoms with Crippen LogP contribution in [0.1, 0.15) is 162 Å². The molecule has 76 heavy (non-hydrogen) atoms. The molecule has 1 fully saturated rings. The summed E-state index contributed by atoms with van der Waals surface area (Å²) < 4.78 is 37.7. The Morgan fingerprint density at radius 1 is 0.592 bits per heavy atom. The molecular formula is C53H99N3O20. The van der Waals surface area contributed by atoms with Gasteiger partial charge in [-0.3, -0.25) is 19.2 Å². The van der Waals surface area contributed by atoms with Crippen LogP contribution in [0.15, 0.2) is 0 Å². The Bertz CT molecular complexity index is 1480. The van der Waals surface area contributed by atoms with Crippen molar-refractivity contribution in [2.45, 2.75) is 223 Å². The number of hydrogen-bond donors (Lipinski definition) is 11. The van der Waals surface area contributed by atoms with Gasteiger partial charge in [0.25, 0.3) is 5.91 Å². The number of aliphatic hydroxyl groups is 8. The predicted octanol–water partition coefficient (Wildman–Crippen LogP) is 1.15. The lowest BCUT2D eigenvalue weighted by Gasteiger charge is -2.42. The molecule has 23 heteroatoms. The van der Waals surface area contributed by atoms with Crippen molar-refractivity contribution in [3.8, 4) is 0 Å². The molecule has 1 saturated heterocycles. The number of amides is 2. The number of carbonyl (C=O) groups excluding carboxylic acids is 5. The van der Waals surface area contributed by atoms with Crippen LogP contribution in [0.2, 0.25) is 0 Å². The zero-order chi connectivity index (χ0) is 56.2. The van der Waals surface area contributed by atoms with Gasteiger partial charge < -0.3 is 90.0 Å². The summed E-state index contributed by atoms with van der Waals surface area (Å²) in [6.45, 7) is 4.15. The quantitative estimate of drug-likeness (QED) is 0.0231. The zero-order valence-corrected chi connectivity index (χ0v) is 45.7. The minimum Gasteiger partial charge on any atom is -0.466 e. The van der Waals surface area contributed by atoms with Crippen molar-refractivity contribution in [1.29, 1.82) is 0 Å². The molecule has 0 aromatic rings. The largest absolute Gasteiger partial charge is 0.466 e. The number of rotatable bonds is 51.